The maximum Gasteiger partial charge on any atom is 0.258 e. The van der Waals surface area contributed by atoms with Crippen LogP contribution < -0.4 is 20.3 Å². The van der Waals surface area contributed by atoms with Gasteiger partial charge in [0.15, 0.2) is 6.61 Å². The molecule has 0 bridgehead atoms. The topological polar surface area (TPSA) is 70.7 Å². The van der Waals surface area contributed by atoms with Crippen molar-refractivity contribution in [2.24, 2.45) is 0 Å². The predicted molar refractivity (Wildman–Crippen MR) is 99.4 cm³/mol. The standard InChI is InChI=1S/C18H25N3O3.ClH/c1-13-16(4-2-10-19-13)20-17(22)12-24-15-8-6-14(7-9-15)21-11-3-5-18(21)23;/h6-9,13,16,19H,2-5,10-12H2,1H3,(H,20,22);1H. The summed E-state index contributed by atoms with van der Waals surface area (Å²) in [5.41, 5.74) is 0.886. The quantitative estimate of drug-likeness (QED) is 0.833. The molecule has 1 aromatic carbocycles. The summed E-state index contributed by atoms with van der Waals surface area (Å²) in [6.07, 6.45) is 3.60. The molecule has 138 valence electrons. The molecule has 2 amide bonds. The molecule has 2 fully saturated rings. The van der Waals surface area contributed by atoms with Crippen molar-refractivity contribution in [3.63, 3.8) is 0 Å². The van der Waals surface area contributed by atoms with Crippen molar-refractivity contribution in [2.75, 3.05) is 24.6 Å². The van der Waals surface area contributed by atoms with E-state index in [1.807, 2.05) is 12.1 Å². The molecular weight excluding hydrogens is 342 g/mol. The summed E-state index contributed by atoms with van der Waals surface area (Å²) in [6, 6.07) is 7.80. The minimum atomic E-state index is -0.102. The Bertz CT molecular complexity index is 594. The van der Waals surface area contributed by atoms with E-state index >= 15 is 0 Å². The van der Waals surface area contributed by atoms with Crippen molar-refractivity contribution in [2.45, 2.75) is 44.7 Å². The van der Waals surface area contributed by atoms with Gasteiger partial charge in [-0.05, 0) is 57.0 Å². The molecule has 2 aliphatic rings. The zero-order valence-electron chi connectivity index (χ0n) is 14.5. The van der Waals surface area contributed by atoms with Gasteiger partial charge in [0.05, 0.1) is 0 Å². The fraction of sp³-hybridized carbons (Fsp3) is 0.556. The molecule has 0 aromatic heterocycles. The highest BCUT2D eigenvalue weighted by molar-refractivity contribution is 5.95. The fourth-order valence-electron chi connectivity index (χ4n) is 3.28. The first-order valence-corrected chi connectivity index (χ1v) is 8.69. The smallest absolute Gasteiger partial charge is 0.258 e. The number of nitrogens with zero attached hydrogens (tertiary/aromatic N) is 1. The highest BCUT2D eigenvalue weighted by Crippen LogP contribution is 2.23. The highest BCUT2D eigenvalue weighted by Gasteiger charge is 2.23. The first-order chi connectivity index (χ1) is 11.6. The third-order valence-electron chi connectivity index (χ3n) is 4.70. The second kappa shape index (κ2) is 9.06. The number of rotatable bonds is 5. The maximum absolute atomic E-state index is 12.0. The lowest BCUT2D eigenvalue weighted by Gasteiger charge is -2.30. The number of ether oxygens (including phenoxy) is 1. The number of hydrogen-bond acceptors (Lipinski definition) is 4. The van der Waals surface area contributed by atoms with Crippen molar-refractivity contribution in [3.05, 3.63) is 24.3 Å². The highest BCUT2D eigenvalue weighted by atomic mass is 35.5. The summed E-state index contributed by atoms with van der Waals surface area (Å²) in [4.78, 5) is 25.5. The molecule has 0 saturated carbocycles. The summed E-state index contributed by atoms with van der Waals surface area (Å²) in [5.74, 6) is 0.697. The lowest BCUT2D eigenvalue weighted by Crippen LogP contribution is -2.52. The van der Waals surface area contributed by atoms with E-state index in [9.17, 15) is 9.59 Å². The van der Waals surface area contributed by atoms with Gasteiger partial charge in [0.1, 0.15) is 5.75 Å². The van der Waals surface area contributed by atoms with Gasteiger partial charge in [-0.15, -0.1) is 12.4 Å². The average molecular weight is 368 g/mol. The normalized spacial score (nSPS) is 23.1. The monoisotopic (exact) mass is 367 g/mol. The van der Waals surface area contributed by atoms with Gasteiger partial charge in [0, 0.05) is 30.7 Å². The van der Waals surface area contributed by atoms with Crippen molar-refractivity contribution >= 4 is 29.9 Å². The van der Waals surface area contributed by atoms with Crippen molar-refractivity contribution in [1.82, 2.24) is 10.6 Å². The number of hydrogen-bond donors (Lipinski definition) is 2. The van der Waals surface area contributed by atoms with Crippen LogP contribution in [0.25, 0.3) is 0 Å². The predicted octanol–water partition coefficient (Wildman–Crippen LogP) is 1.87. The molecule has 2 aliphatic heterocycles. The first-order valence-electron chi connectivity index (χ1n) is 8.69. The molecular formula is C18H26ClN3O3. The number of anilines is 1. The van der Waals surface area contributed by atoms with E-state index in [1.54, 1.807) is 17.0 Å². The van der Waals surface area contributed by atoms with Gasteiger partial charge in [-0.3, -0.25) is 9.59 Å². The second-order valence-electron chi connectivity index (χ2n) is 6.49. The zero-order chi connectivity index (χ0) is 16.9. The lowest BCUT2D eigenvalue weighted by atomic mass is 10.00. The number of benzene rings is 1. The molecule has 3 rings (SSSR count). The van der Waals surface area contributed by atoms with Crippen molar-refractivity contribution in [1.29, 1.82) is 0 Å². The van der Waals surface area contributed by atoms with E-state index in [0.717, 1.165) is 38.0 Å². The summed E-state index contributed by atoms with van der Waals surface area (Å²) < 4.78 is 5.55. The Hall–Kier alpha value is -1.79. The Morgan fingerprint density at radius 1 is 1.32 bits per heavy atom. The molecule has 25 heavy (non-hydrogen) atoms. The third kappa shape index (κ3) is 5.09. The van der Waals surface area contributed by atoms with Crippen LogP contribution in [0.4, 0.5) is 5.69 Å². The van der Waals surface area contributed by atoms with Crippen molar-refractivity contribution < 1.29 is 14.3 Å². The van der Waals surface area contributed by atoms with Gasteiger partial charge in [-0.25, -0.2) is 0 Å². The van der Waals surface area contributed by atoms with Gasteiger partial charge in [-0.1, -0.05) is 0 Å². The zero-order valence-corrected chi connectivity index (χ0v) is 15.3. The number of carbonyl (C=O) groups is 2. The van der Waals surface area contributed by atoms with Crippen LogP contribution in [-0.4, -0.2) is 43.6 Å². The largest absolute Gasteiger partial charge is 0.484 e. The number of piperidine rings is 1. The Labute approximate surface area is 154 Å². The van der Waals surface area contributed by atoms with E-state index in [1.165, 1.54) is 0 Å². The Kier molecular flexibility index (Phi) is 7.08. The lowest BCUT2D eigenvalue weighted by molar-refractivity contribution is -0.124. The average Bonchev–Trinajstić information content (AvgIpc) is 3.02. The molecule has 6 nitrogen and oxygen atoms in total. The van der Waals surface area contributed by atoms with Crippen LogP contribution in [0.15, 0.2) is 24.3 Å². The summed E-state index contributed by atoms with van der Waals surface area (Å²) in [5, 5.41) is 6.38. The number of amides is 2. The molecule has 2 saturated heterocycles. The van der Waals surface area contributed by atoms with Gasteiger partial charge >= 0.3 is 0 Å². The molecule has 0 radical (unpaired) electrons. The Morgan fingerprint density at radius 2 is 2.08 bits per heavy atom. The van der Waals surface area contributed by atoms with E-state index in [0.29, 0.717) is 18.2 Å². The van der Waals surface area contributed by atoms with E-state index in [-0.39, 0.29) is 36.9 Å². The molecule has 1 aromatic rings. The summed E-state index contributed by atoms with van der Waals surface area (Å²) in [6.45, 7) is 3.87. The Balaban J connectivity index is 0.00000225. The van der Waals surface area contributed by atoms with Crippen LogP contribution in [-0.2, 0) is 9.59 Å². The maximum atomic E-state index is 12.0. The summed E-state index contributed by atoms with van der Waals surface area (Å²) in [7, 11) is 0. The molecule has 0 aliphatic carbocycles. The number of nitrogens with one attached hydrogen (secondary N) is 2. The van der Waals surface area contributed by atoms with Gasteiger partial charge < -0.3 is 20.3 Å². The molecule has 2 unspecified atom stereocenters. The minimum absolute atomic E-state index is 0. The molecule has 2 heterocycles. The fourth-order valence-corrected chi connectivity index (χ4v) is 3.28. The number of carbonyl (C=O) groups excluding carboxylic acids is 2. The minimum Gasteiger partial charge on any atom is -0.484 e. The van der Waals surface area contributed by atoms with Crippen LogP contribution in [0.3, 0.4) is 0 Å². The Morgan fingerprint density at radius 3 is 2.72 bits per heavy atom. The van der Waals surface area contributed by atoms with Gasteiger partial charge in [-0.2, -0.15) is 0 Å². The van der Waals surface area contributed by atoms with Crippen LogP contribution in [0.2, 0.25) is 0 Å². The van der Waals surface area contributed by atoms with E-state index in [4.69, 9.17) is 4.74 Å². The number of halogens is 1. The van der Waals surface area contributed by atoms with Crippen LogP contribution in [0, 0.1) is 0 Å². The van der Waals surface area contributed by atoms with E-state index < -0.39 is 0 Å². The van der Waals surface area contributed by atoms with Crippen LogP contribution in [0.1, 0.15) is 32.6 Å². The van der Waals surface area contributed by atoms with E-state index in [2.05, 4.69) is 17.6 Å². The molecule has 2 atom stereocenters. The summed E-state index contributed by atoms with van der Waals surface area (Å²) >= 11 is 0. The van der Waals surface area contributed by atoms with Gasteiger partial charge in [0.2, 0.25) is 5.91 Å². The van der Waals surface area contributed by atoms with Crippen LogP contribution in [0.5, 0.6) is 5.75 Å². The van der Waals surface area contributed by atoms with Gasteiger partial charge in [0.25, 0.3) is 5.91 Å². The first kappa shape index (κ1) is 19.5. The molecule has 2 N–H and O–H groups in total. The van der Waals surface area contributed by atoms with Crippen LogP contribution >= 0.6 is 12.4 Å². The second-order valence-corrected chi connectivity index (χ2v) is 6.49. The third-order valence-corrected chi connectivity index (χ3v) is 4.70. The molecule has 7 heteroatoms. The SMILES string of the molecule is CC1NCCCC1NC(=O)COc1ccc(N2CCCC2=O)cc1.Cl. The molecule has 0 spiro atoms. The van der Waals surface area contributed by atoms with Crippen molar-refractivity contribution in [3.8, 4) is 5.75 Å².